The normalized spacial score (nSPS) is 23.7. The Morgan fingerprint density at radius 1 is 1.39 bits per heavy atom. The zero-order chi connectivity index (χ0) is 13.1. The van der Waals surface area contributed by atoms with Gasteiger partial charge in [-0.1, -0.05) is 6.92 Å². The summed E-state index contributed by atoms with van der Waals surface area (Å²) in [4.78, 5) is 13.3. The summed E-state index contributed by atoms with van der Waals surface area (Å²) < 4.78 is 5.40. The van der Waals surface area contributed by atoms with Crippen LogP contribution in [0.4, 0.5) is 5.82 Å². The van der Waals surface area contributed by atoms with Crippen LogP contribution in [0.1, 0.15) is 13.8 Å². The van der Waals surface area contributed by atoms with E-state index in [1.165, 1.54) is 0 Å². The highest BCUT2D eigenvalue weighted by Crippen LogP contribution is 2.25. The molecule has 1 saturated heterocycles. The van der Waals surface area contributed by atoms with Crippen molar-refractivity contribution in [3.63, 3.8) is 0 Å². The number of aromatic nitrogens is 2. The average molecular weight is 250 g/mol. The first-order valence-electron chi connectivity index (χ1n) is 6.48. The summed E-state index contributed by atoms with van der Waals surface area (Å²) in [6, 6.07) is 0.572. The third-order valence-corrected chi connectivity index (χ3v) is 3.45. The molecule has 2 unspecified atom stereocenters. The molecule has 2 rings (SSSR count). The van der Waals surface area contributed by atoms with Gasteiger partial charge in [-0.15, -0.1) is 0 Å². The van der Waals surface area contributed by atoms with Gasteiger partial charge in [-0.2, -0.15) is 4.98 Å². The van der Waals surface area contributed by atoms with Crippen molar-refractivity contribution >= 4 is 5.82 Å². The minimum Gasteiger partial charge on any atom is -0.477 e. The number of anilines is 1. The maximum Gasteiger partial charge on any atom is 0.234 e. The highest BCUT2D eigenvalue weighted by Gasteiger charge is 2.31. The van der Waals surface area contributed by atoms with Crippen molar-refractivity contribution in [2.45, 2.75) is 19.9 Å². The van der Waals surface area contributed by atoms with E-state index in [1.807, 2.05) is 13.1 Å². The maximum atomic E-state index is 5.40. The van der Waals surface area contributed by atoms with Crippen LogP contribution in [0.2, 0.25) is 0 Å². The fraction of sp³-hybridized carbons (Fsp3) is 0.692. The van der Waals surface area contributed by atoms with Gasteiger partial charge >= 0.3 is 0 Å². The summed E-state index contributed by atoms with van der Waals surface area (Å²) in [5.74, 6) is 2.16. The molecule has 1 fully saturated rings. The van der Waals surface area contributed by atoms with Crippen molar-refractivity contribution in [1.82, 2.24) is 14.9 Å². The van der Waals surface area contributed by atoms with E-state index in [1.54, 1.807) is 6.20 Å². The van der Waals surface area contributed by atoms with E-state index in [2.05, 4.69) is 40.8 Å². The van der Waals surface area contributed by atoms with E-state index in [0.717, 1.165) is 18.9 Å². The molecule has 2 atom stereocenters. The molecule has 5 nitrogen and oxygen atoms in total. The van der Waals surface area contributed by atoms with E-state index in [9.17, 15) is 0 Å². The minimum atomic E-state index is 0.572. The first-order chi connectivity index (χ1) is 8.61. The topological polar surface area (TPSA) is 41.5 Å². The Labute approximate surface area is 109 Å². The van der Waals surface area contributed by atoms with Gasteiger partial charge < -0.3 is 14.5 Å². The van der Waals surface area contributed by atoms with Crippen LogP contribution in [0.5, 0.6) is 5.88 Å². The van der Waals surface area contributed by atoms with Gasteiger partial charge in [0.05, 0.1) is 19.0 Å². The highest BCUT2D eigenvalue weighted by molar-refractivity contribution is 5.39. The molecule has 1 aromatic rings. The Bertz CT molecular complexity index is 396. The van der Waals surface area contributed by atoms with Gasteiger partial charge in [-0.05, 0) is 26.9 Å². The molecule has 18 heavy (non-hydrogen) atoms. The van der Waals surface area contributed by atoms with Crippen molar-refractivity contribution in [3.05, 3.63) is 12.4 Å². The predicted molar refractivity (Wildman–Crippen MR) is 72.1 cm³/mol. The van der Waals surface area contributed by atoms with E-state index in [4.69, 9.17) is 4.74 Å². The summed E-state index contributed by atoms with van der Waals surface area (Å²) in [6.07, 6.45) is 3.48. The number of hydrogen-bond acceptors (Lipinski definition) is 5. The molecule has 0 radical (unpaired) electrons. The van der Waals surface area contributed by atoms with Gasteiger partial charge in [-0.3, -0.25) is 4.98 Å². The van der Waals surface area contributed by atoms with Crippen molar-refractivity contribution in [3.8, 4) is 5.88 Å². The lowest BCUT2D eigenvalue weighted by atomic mass is 10.1. The van der Waals surface area contributed by atoms with Crippen molar-refractivity contribution in [1.29, 1.82) is 0 Å². The van der Waals surface area contributed by atoms with E-state index in [0.29, 0.717) is 24.4 Å². The van der Waals surface area contributed by atoms with Gasteiger partial charge in [0.2, 0.25) is 5.88 Å². The van der Waals surface area contributed by atoms with Crippen LogP contribution in [0.3, 0.4) is 0 Å². The Morgan fingerprint density at radius 3 is 2.78 bits per heavy atom. The van der Waals surface area contributed by atoms with E-state index >= 15 is 0 Å². The summed E-state index contributed by atoms with van der Waals surface area (Å²) in [6.45, 7) is 6.87. The van der Waals surface area contributed by atoms with Gasteiger partial charge in [0.1, 0.15) is 0 Å². The maximum absolute atomic E-state index is 5.40. The summed E-state index contributed by atoms with van der Waals surface area (Å²) >= 11 is 0. The van der Waals surface area contributed by atoms with Gasteiger partial charge in [0, 0.05) is 19.1 Å². The smallest absolute Gasteiger partial charge is 0.234 e. The van der Waals surface area contributed by atoms with Gasteiger partial charge in [0.25, 0.3) is 0 Å². The number of nitrogens with zero attached hydrogens (tertiary/aromatic N) is 4. The van der Waals surface area contributed by atoms with E-state index < -0.39 is 0 Å². The Kier molecular flexibility index (Phi) is 4.01. The van der Waals surface area contributed by atoms with E-state index in [-0.39, 0.29) is 0 Å². The second-order valence-electron chi connectivity index (χ2n) is 5.06. The van der Waals surface area contributed by atoms with Crippen LogP contribution in [0.15, 0.2) is 12.4 Å². The molecule has 1 aliphatic rings. The summed E-state index contributed by atoms with van der Waals surface area (Å²) in [5.41, 5.74) is 0. The quantitative estimate of drug-likeness (QED) is 0.805. The first-order valence-corrected chi connectivity index (χ1v) is 6.48. The third kappa shape index (κ3) is 2.72. The summed E-state index contributed by atoms with van der Waals surface area (Å²) in [5, 5.41) is 0. The highest BCUT2D eigenvalue weighted by atomic mass is 16.5. The second-order valence-corrected chi connectivity index (χ2v) is 5.06. The number of likely N-dealkylation sites (N-methyl/N-ethyl adjacent to an activating group) is 1. The fourth-order valence-corrected chi connectivity index (χ4v) is 2.52. The zero-order valence-electron chi connectivity index (χ0n) is 11.6. The standard InChI is InChI=1S/C13H22N4O/c1-5-18-13-7-14-6-12(15-13)17-8-10(2)11(9-17)16(3)4/h6-7,10-11H,5,8-9H2,1-4H3. The molecule has 0 N–H and O–H groups in total. The molecular weight excluding hydrogens is 228 g/mol. The molecule has 0 aromatic carbocycles. The number of rotatable bonds is 4. The monoisotopic (exact) mass is 250 g/mol. The Morgan fingerprint density at radius 2 is 2.17 bits per heavy atom. The number of ether oxygens (including phenoxy) is 1. The first kappa shape index (κ1) is 13.1. The largest absolute Gasteiger partial charge is 0.477 e. The minimum absolute atomic E-state index is 0.572. The molecule has 0 spiro atoms. The second kappa shape index (κ2) is 5.52. The molecule has 0 amide bonds. The Hall–Kier alpha value is -1.36. The van der Waals surface area contributed by atoms with Crippen LogP contribution < -0.4 is 9.64 Å². The van der Waals surface area contributed by atoms with Gasteiger partial charge in [0.15, 0.2) is 5.82 Å². The predicted octanol–water partition coefficient (Wildman–Crippen LogP) is 1.26. The lowest BCUT2D eigenvalue weighted by Crippen LogP contribution is -2.34. The molecular formula is C13H22N4O. The van der Waals surface area contributed by atoms with Crippen LogP contribution in [0.25, 0.3) is 0 Å². The molecule has 0 saturated carbocycles. The number of hydrogen-bond donors (Lipinski definition) is 0. The lowest BCUT2D eigenvalue weighted by Gasteiger charge is -2.22. The molecule has 5 heteroatoms. The molecule has 1 aromatic heterocycles. The van der Waals surface area contributed by atoms with Crippen LogP contribution in [-0.2, 0) is 0 Å². The fourth-order valence-electron chi connectivity index (χ4n) is 2.52. The van der Waals surface area contributed by atoms with Crippen LogP contribution >= 0.6 is 0 Å². The van der Waals surface area contributed by atoms with Crippen molar-refractivity contribution < 1.29 is 4.74 Å². The van der Waals surface area contributed by atoms with Gasteiger partial charge in [-0.25, -0.2) is 0 Å². The summed E-state index contributed by atoms with van der Waals surface area (Å²) in [7, 11) is 4.26. The Balaban J connectivity index is 2.11. The molecule has 0 aliphatic carbocycles. The zero-order valence-corrected chi connectivity index (χ0v) is 11.6. The third-order valence-electron chi connectivity index (χ3n) is 3.45. The van der Waals surface area contributed by atoms with Crippen LogP contribution in [0, 0.1) is 5.92 Å². The van der Waals surface area contributed by atoms with Crippen molar-refractivity contribution in [2.24, 2.45) is 5.92 Å². The molecule has 100 valence electrons. The molecule has 2 heterocycles. The average Bonchev–Trinajstić information content (AvgIpc) is 2.72. The molecule has 0 bridgehead atoms. The van der Waals surface area contributed by atoms with Crippen LogP contribution in [-0.4, -0.2) is 54.7 Å². The SMILES string of the molecule is CCOc1cncc(N2CC(C)C(N(C)C)C2)n1. The molecule has 1 aliphatic heterocycles. The lowest BCUT2D eigenvalue weighted by molar-refractivity contribution is 0.266. The van der Waals surface area contributed by atoms with Crippen molar-refractivity contribution in [2.75, 3.05) is 38.7 Å².